The minimum atomic E-state index is -3.54. The normalized spacial score (nSPS) is 14.3. The number of sulfonamides is 1. The quantitative estimate of drug-likeness (QED) is 0.153. The first-order chi connectivity index (χ1) is 13.5. The Bertz CT molecular complexity index is 727. The molecule has 1 aliphatic carbocycles. The second-order valence-corrected chi connectivity index (χ2v) is 8.53. The molecule has 2 rings (SSSR count). The van der Waals surface area contributed by atoms with Gasteiger partial charge in [-0.05, 0) is 42.9 Å². The molecule has 8 nitrogen and oxygen atoms in total. The van der Waals surface area contributed by atoms with Gasteiger partial charge in [0.15, 0.2) is 5.96 Å². The first kappa shape index (κ1) is 26.1. The standard InChI is InChI=1S/C19H32N4O4S.HI/c1-20-19(21-9-4-11-27-15-16-7-8-16)22-14-17-5-3-6-18(13-17)28(24,25)23-10-12-26-2;/h3,5-6,13,16,23H,4,7-12,14-15H2,1-2H3,(H2,20,21,22);1H. The number of nitrogens with zero attached hydrogens (tertiary/aromatic N) is 1. The number of halogens is 1. The average molecular weight is 540 g/mol. The number of aliphatic imine (C=N–C) groups is 1. The summed E-state index contributed by atoms with van der Waals surface area (Å²) in [7, 11) is -0.303. The molecule has 0 aliphatic heterocycles. The highest BCUT2D eigenvalue weighted by Crippen LogP contribution is 2.28. The molecule has 1 saturated carbocycles. The van der Waals surface area contributed by atoms with E-state index in [2.05, 4.69) is 20.3 Å². The summed E-state index contributed by atoms with van der Waals surface area (Å²) in [5.74, 6) is 1.46. The van der Waals surface area contributed by atoms with E-state index in [9.17, 15) is 8.42 Å². The van der Waals surface area contributed by atoms with Crippen LogP contribution in [-0.4, -0.2) is 61.4 Å². The monoisotopic (exact) mass is 540 g/mol. The lowest BCUT2D eigenvalue weighted by molar-refractivity contribution is 0.123. The van der Waals surface area contributed by atoms with Gasteiger partial charge < -0.3 is 20.1 Å². The molecule has 1 aromatic carbocycles. The topological polar surface area (TPSA) is 101 Å². The summed E-state index contributed by atoms with van der Waals surface area (Å²) in [6.45, 7) is 3.43. The smallest absolute Gasteiger partial charge is 0.240 e. The summed E-state index contributed by atoms with van der Waals surface area (Å²) in [5.41, 5.74) is 0.852. The molecule has 1 fully saturated rings. The summed E-state index contributed by atoms with van der Waals surface area (Å²) in [4.78, 5) is 4.42. The second-order valence-electron chi connectivity index (χ2n) is 6.76. The third-order valence-corrected chi connectivity index (χ3v) is 5.76. The van der Waals surface area contributed by atoms with Gasteiger partial charge in [-0.25, -0.2) is 13.1 Å². The number of rotatable bonds is 13. The van der Waals surface area contributed by atoms with E-state index in [1.54, 1.807) is 25.2 Å². The third-order valence-electron chi connectivity index (χ3n) is 4.30. The van der Waals surface area contributed by atoms with Crippen molar-refractivity contribution in [2.24, 2.45) is 10.9 Å². The molecule has 10 heteroatoms. The molecule has 0 amide bonds. The zero-order valence-electron chi connectivity index (χ0n) is 17.1. The van der Waals surface area contributed by atoms with E-state index >= 15 is 0 Å². The first-order valence-corrected chi connectivity index (χ1v) is 11.1. The fraction of sp³-hybridized carbons (Fsp3) is 0.632. The predicted molar refractivity (Wildman–Crippen MR) is 125 cm³/mol. The molecule has 0 unspecified atom stereocenters. The van der Waals surface area contributed by atoms with E-state index in [1.807, 2.05) is 6.07 Å². The molecule has 29 heavy (non-hydrogen) atoms. The van der Waals surface area contributed by atoms with Crippen molar-refractivity contribution in [2.75, 3.05) is 47.1 Å². The molecule has 0 atom stereocenters. The van der Waals surface area contributed by atoms with Crippen LogP contribution in [-0.2, 0) is 26.0 Å². The Kier molecular flexibility index (Phi) is 12.7. The summed E-state index contributed by atoms with van der Waals surface area (Å²) < 4.78 is 37.6. The van der Waals surface area contributed by atoms with Crippen LogP contribution in [0.1, 0.15) is 24.8 Å². The lowest BCUT2D eigenvalue weighted by Gasteiger charge is -2.13. The van der Waals surface area contributed by atoms with Crippen molar-refractivity contribution in [1.29, 1.82) is 0 Å². The fourth-order valence-electron chi connectivity index (χ4n) is 2.51. The van der Waals surface area contributed by atoms with Crippen LogP contribution in [0.15, 0.2) is 34.2 Å². The number of benzene rings is 1. The number of ether oxygens (including phenoxy) is 2. The Balaban J connectivity index is 0.00000420. The van der Waals surface area contributed by atoms with E-state index in [4.69, 9.17) is 9.47 Å². The Morgan fingerprint density at radius 3 is 2.69 bits per heavy atom. The van der Waals surface area contributed by atoms with Crippen LogP contribution in [0, 0.1) is 5.92 Å². The average Bonchev–Trinajstić information content (AvgIpc) is 3.51. The van der Waals surface area contributed by atoms with Gasteiger partial charge >= 0.3 is 0 Å². The Hall–Kier alpha value is -0.950. The molecule has 0 saturated heterocycles. The van der Waals surface area contributed by atoms with Gasteiger partial charge in [0.25, 0.3) is 0 Å². The van der Waals surface area contributed by atoms with Crippen LogP contribution in [0.4, 0.5) is 0 Å². The van der Waals surface area contributed by atoms with Crippen molar-refractivity contribution in [3.05, 3.63) is 29.8 Å². The van der Waals surface area contributed by atoms with Gasteiger partial charge in [0, 0.05) is 47.0 Å². The van der Waals surface area contributed by atoms with E-state index in [0.29, 0.717) is 19.1 Å². The van der Waals surface area contributed by atoms with Crippen molar-refractivity contribution in [1.82, 2.24) is 15.4 Å². The molecule has 0 aromatic heterocycles. The molecule has 0 bridgehead atoms. The number of guanidine groups is 1. The molecule has 0 spiro atoms. The molecule has 0 radical (unpaired) electrons. The molecule has 1 aromatic rings. The largest absolute Gasteiger partial charge is 0.383 e. The van der Waals surface area contributed by atoms with Crippen LogP contribution >= 0.6 is 24.0 Å². The molecule has 3 N–H and O–H groups in total. The van der Waals surface area contributed by atoms with Gasteiger partial charge in [0.1, 0.15) is 0 Å². The van der Waals surface area contributed by atoms with Crippen molar-refractivity contribution < 1.29 is 17.9 Å². The second kappa shape index (κ2) is 14.1. The maximum atomic E-state index is 12.3. The summed E-state index contributed by atoms with van der Waals surface area (Å²) in [5, 5.41) is 6.44. The Morgan fingerprint density at radius 1 is 1.21 bits per heavy atom. The Morgan fingerprint density at radius 2 is 2.00 bits per heavy atom. The predicted octanol–water partition coefficient (Wildman–Crippen LogP) is 1.71. The van der Waals surface area contributed by atoms with E-state index in [1.165, 1.54) is 20.0 Å². The minimum Gasteiger partial charge on any atom is -0.383 e. The SMILES string of the molecule is CN=C(NCCCOCC1CC1)NCc1cccc(S(=O)(=O)NCCOC)c1.I. The number of nitrogens with one attached hydrogen (secondary N) is 3. The summed E-state index contributed by atoms with van der Waals surface area (Å²) >= 11 is 0. The summed E-state index contributed by atoms with van der Waals surface area (Å²) in [6.07, 6.45) is 3.52. The van der Waals surface area contributed by atoms with Crippen LogP contribution in [0.25, 0.3) is 0 Å². The summed E-state index contributed by atoms with van der Waals surface area (Å²) in [6, 6.07) is 6.84. The molecule has 0 heterocycles. The van der Waals surface area contributed by atoms with Gasteiger partial charge in [0.05, 0.1) is 11.5 Å². The van der Waals surface area contributed by atoms with Gasteiger partial charge in [0.2, 0.25) is 10.0 Å². The van der Waals surface area contributed by atoms with Gasteiger partial charge in [-0.1, -0.05) is 12.1 Å². The molecule has 166 valence electrons. The molecular formula is C19H33IN4O4S. The zero-order chi connectivity index (χ0) is 20.2. The minimum absolute atomic E-state index is 0. The molecule has 1 aliphatic rings. The number of methoxy groups -OCH3 is 1. The van der Waals surface area contributed by atoms with E-state index < -0.39 is 10.0 Å². The van der Waals surface area contributed by atoms with Gasteiger partial charge in [-0.3, -0.25) is 4.99 Å². The lowest BCUT2D eigenvalue weighted by atomic mass is 10.2. The van der Waals surface area contributed by atoms with Gasteiger partial charge in [-0.15, -0.1) is 24.0 Å². The van der Waals surface area contributed by atoms with E-state index in [-0.39, 0.29) is 35.4 Å². The fourth-order valence-corrected chi connectivity index (χ4v) is 3.59. The highest BCUT2D eigenvalue weighted by Gasteiger charge is 2.20. The van der Waals surface area contributed by atoms with Crippen LogP contribution in [0.5, 0.6) is 0 Å². The lowest BCUT2D eigenvalue weighted by Crippen LogP contribution is -2.37. The zero-order valence-corrected chi connectivity index (χ0v) is 20.3. The maximum Gasteiger partial charge on any atom is 0.240 e. The van der Waals surface area contributed by atoms with Crippen molar-refractivity contribution in [3.8, 4) is 0 Å². The molecular weight excluding hydrogens is 507 g/mol. The third kappa shape index (κ3) is 10.6. The van der Waals surface area contributed by atoms with Gasteiger partial charge in [-0.2, -0.15) is 0 Å². The first-order valence-electron chi connectivity index (χ1n) is 9.65. The van der Waals surface area contributed by atoms with Crippen LogP contribution in [0.2, 0.25) is 0 Å². The van der Waals surface area contributed by atoms with Crippen LogP contribution < -0.4 is 15.4 Å². The number of hydrogen-bond acceptors (Lipinski definition) is 5. The maximum absolute atomic E-state index is 12.3. The highest BCUT2D eigenvalue weighted by atomic mass is 127. The van der Waals surface area contributed by atoms with Crippen molar-refractivity contribution in [3.63, 3.8) is 0 Å². The number of hydrogen-bond donors (Lipinski definition) is 3. The van der Waals surface area contributed by atoms with E-state index in [0.717, 1.165) is 37.7 Å². The van der Waals surface area contributed by atoms with Crippen molar-refractivity contribution >= 4 is 40.0 Å². The Labute approximate surface area is 191 Å². The highest BCUT2D eigenvalue weighted by molar-refractivity contribution is 14.0. The van der Waals surface area contributed by atoms with Crippen molar-refractivity contribution in [2.45, 2.75) is 30.7 Å². The van der Waals surface area contributed by atoms with Crippen LogP contribution in [0.3, 0.4) is 0 Å².